The zero-order valence-electron chi connectivity index (χ0n) is 8.78. The van der Waals surface area contributed by atoms with Crippen LogP contribution in [0.2, 0.25) is 0 Å². The second-order valence-corrected chi connectivity index (χ2v) is 2.40. The van der Waals surface area contributed by atoms with E-state index in [-0.39, 0.29) is 23.1 Å². The molecule has 0 spiro atoms. The van der Waals surface area contributed by atoms with Crippen LogP contribution in [0.3, 0.4) is 0 Å². The van der Waals surface area contributed by atoms with Crippen LogP contribution in [-0.2, 0) is 4.57 Å². The number of hydrogen-bond acceptors (Lipinski definition) is 1. The molecule has 0 heterocycles. The zero-order valence-corrected chi connectivity index (χ0v) is 11.1. The van der Waals surface area contributed by atoms with Crippen LogP contribution >= 0.6 is 8.69 Å². The van der Waals surface area contributed by atoms with Gasteiger partial charge in [-0.05, 0) is 0 Å². The summed E-state index contributed by atoms with van der Waals surface area (Å²) in [6.45, 7) is 0. The van der Waals surface area contributed by atoms with Crippen LogP contribution in [0.1, 0.15) is 0 Å². The minimum Gasteiger partial charge on any atom is -0.310 e. The molecule has 0 aromatic heterocycles. The normalized spacial score (nSPS) is 7.31. The fourth-order valence-electron chi connectivity index (χ4n) is 0.684. The molecule has 4 heteroatoms. The predicted molar refractivity (Wildman–Crippen MR) is 66.1 cm³/mol. The van der Waals surface area contributed by atoms with Crippen molar-refractivity contribution in [1.82, 2.24) is 0 Å². The van der Waals surface area contributed by atoms with Crippen LogP contribution in [0.25, 0.3) is 0 Å². The molecule has 1 N–H and O–H groups in total. The van der Waals surface area contributed by atoms with Crippen molar-refractivity contribution in [3.05, 3.63) is 72.8 Å². The first kappa shape index (κ1) is 17.7. The molecule has 0 amide bonds. The Balaban J connectivity index is 0. The van der Waals surface area contributed by atoms with Crippen LogP contribution in [0.5, 0.6) is 0 Å². The Kier molecular flexibility index (Phi) is 18.4. The number of hydrogen-bond donors (Lipinski definition) is 1. The minimum atomic E-state index is -0.833. The van der Waals surface area contributed by atoms with Gasteiger partial charge in [-0.1, -0.05) is 0 Å². The molecule has 0 aliphatic heterocycles. The first-order valence-electron chi connectivity index (χ1n) is 4.20. The standard InChI is InChI=1S/2C6H5.Mg.HO2P/c2*1-2-4-6-5-3-1;;1-3-2/h2*1-5H;;(H,1,2)/q2*-1;+2;. The van der Waals surface area contributed by atoms with E-state index in [0.717, 1.165) is 0 Å². The third kappa shape index (κ3) is 15.7. The molecule has 2 aromatic rings. The van der Waals surface area contributed by atoms with Crippen molar-refractivity contribution in [3.63, 3.8) is 0 Å². The van der Waals surface area contributed by atoms with Gasteiger partial charge in [0.15, 0.2) is 0 Å². The predicted octanol–water partition coefficient (Wildman–Crippen LogP) is 2.78. The van der Waals surface area contributed by atoms with Gasteiger partial charge in [0, 0.05) is 0 Å². The van der Waals surface area contributed by atoms with Crippen molar-refractivity contribution >= 4 is 31.7 Å². The van der Waals surface area contributed by atoms with Gasteiger partial charge >= 0.3 is 31.7 Å². The maximum absolute atomic E-state index is 8.46. The van der Waals surface area contributed by atoms with Gasteiger partial charge in [0.2, 0.25) is 0 Å². The van der Waals surface area contributed by atoms with Crippen LogP contribution < -0.4 is 0 Å². The van der Waals surface area contributed by atoms with E-state index < -0.39 is 8.69 Å². The molecule has 0 atom stereocenters. The van der Waals surface area contributed by atoms with Crippen LogP contribution in [-0.4, -0.2) is 27.9 Å². The molecule has 78 valence electrons. The Morgan fingerprint density at radius 3 is 1.06 bits per heavy atom. The Labute approximate surface area is 114 Å². The Morgan fingerprint density at radius 2 is 1.00 bits per heavy atom. The Morgan fingerprint density at radius 1 is 0.750 bits per heavy atom. The maximum Gasteiger partial charge on any atom is 2.00 e. The van der Waals surface area contributed by atoms with Crippen molar-refractivity contribution in [2.24, 2.45) is 0 Å². The first-order chi connectivity index (χ1) is 7.41. The summed E-state index contributed by atoms with van der Waals surface area (Å²) in [4.78, 5) is 6.99. The average Bonchev–Trinajstić information content (AvgIpc) is 2.35. The van der Waals surface area contributed by atoms with E-state index >= 15 is 0 Å². The molecule has 0 bridgehead atoms. The average molecular weight is 242 g/mol. The summed E-state index contributed by atoms with van der Waals surface area (Å²) in [5.74, 6) is 0. The first-order valence-corrected chi connectivity index (χ1v) is 4.97. The fraction of sp³-hybridized carbons (Fsp3) is 0. The molecule has 0 unspecified atom stereocenters. The van der Waals surface area contributed by atoms with Crippen molar-refractivity contribution in [2.45, 2.75) is 0 Å². The molecule has 0 fully saturated rings. The van der Waals surface area contributed by atoms with Crippen molar-refractivity contribution in [2.75, 3.05) is 0 Å². The van der Waals surface area contributed by atoms with Crippen molar-refractivity contribution in [1.29, 1.82) is 0 Å². The summed E-state index contributed by atoms with van der Waals surface area (Å²) in [5, 5.41) is 0. The summed E-state index contributed by atoms with van der Waals surface area (Å²) in [7, 11) is -0.833. The summed E-state index contributed by atoms with van der Waals surface area (Å²) >= 11 is 0. The molecule has 0 saturated heterocycles. The molecule has 2 aromatic carbocycles. The van der Waals surface area contributed by atoms with E-state index in [2.05, 4.69) is 12.1 Å². The summed E-state index contributed by atoms with van der Waals surface area (Å²) in [6, 6.07) is 25.0. The second-order valence-electron chi connectivity index (χ2n) is 2.24. The van der Waals surface area contributed by atoms with E-state index in [1.54, 1.807) is 0 Å². The quantitative estimate of drug-likeness (QED) is 0.438. The number of rotatable bonds is 0. The van der Waals surface area contributed by atoms with E-state index in [1.807, 2.05) is 60.7 Å². The van der Waals surface area contributed by atoms with Gasteiger partial charge in [-0.2, -0.15) is 72.8 Å². The SMILES string of the molecule is O=PO.[Mg+2].[c-]1ccccc1.[c-]1ccccc1. The van der Waals surface area contributed by atoms with E-state index in [9.17, 15) is 0 Å². The summed E-state index contributed by atoms with van der Waals surface area (Å²) in [6.07, 6.45) is 0. The van der Waals surface area contributed by atoms with Crippen LogP contribution in [0.4, 0.5) is 0 Å². The van der Waals surface area contributed by atoms with Crippen molar-refractivity contribution in [3.8, 4) is 0 Å². The van der Waals surface area contributed by atoms with Gasteiger partial charge in [-0.15, -0.1) is 0 Å². The maximum atomic E-state index is 8.46. The van der Waals surface area contributed by atoms with Gasteiger partial charge in [-0.3, -0.25) is 0 Å². The fourth-order valence-corrected chi connectivity index (χ4v) is 0.684. The van der Waals surface area contributed by atoms with Gasteiger partial charge in [0.1, 0.15) is 0 Å². The van der Waals surface area contributed by atoms with Gasteiger partial charge in [-0.25, -0.2) is 4.57 Å². The molecule has 16 heavy (non-hydrogen) atoms. The van der Waals surface area contributed by atoms with E-state index in [0.29, 0.717) is 0 Å². The van der Waals surface area contributed by atoms with Crippen molar-refractivity contribution < 1.29 is 9.46 Å². The molecule has 2 rings (SSSR count). The molecular formula is C12H11MgO2P. The molecular weight excluding hydrogens is 231 g/mol. The third-order valence-electron chi connectivity index (χ3n) is 1.21. The Bertz CT molecular complexity index is 231. The molecule has 0 radical (unpaired) electrons. The van der Waals surface area contributed by atoms with E-state index in [1.165, 1.54) is 0 Å². The summed E-state index contributed by atoms with van der Waals surface area (Å²) < 4.78 is 8.46. The van der Waals surface area contributed by atoms with Crippen LogP contribution in [0.15, 0.2) is 60.7 Å². The third-order valence-corrected chi connectivity index (χ3v) is 1.21. The molecule has 0 saturated carbocycles. The molecule has 2 nitrogen and oxygen atoms in total. The minimum absolute atomic E-state index is 0. The second kappa shape index (κ2) is 16.7. The van der Waals surface area contributed by atoms with Gasteiger partial charge < -0.3 is 4.89 Å². The topological polar surface area (TPSA) is 37.3 Å². The Hall–Kier alpha value is -0.734. The zero-order chi connectivity index (χ0) is 11.2. The van der Waals surface area contributed by atoms with Gasteiger partial charge in [0.05, 0.1) is 0 Å². The van der Waals surface area contributed by atoms with Gasteiger partial charge in [0.25, 0.3) is 0 Å². The summed E-state index contributed by atoms with van der Waals surface area (Å²) in [5.41, 5.74) is 0. The monoisotopic (exact) mass is 242 g/mol. The molecule has 0 aliphatic carbocycles. The largest absolute Gasteiger partial charge is 2.00 e. The van der Waals surface area contributed by atoms with E-state index in [4.69, 9.17) is 9.46 Å². The smallest absolute Gasteiger partial charge is 0.310 e. The number of benzene rings is 2. The van der Waals surface area contributed by atoms with Crippen LogP contribution in [0, 0.1) is 12.1 Å². The molecule has 0 aliphatic rings.